The van der Waals surface area contributed by atoms with E-state index in [9.17, 15) is 9.59 Å². The van der Waals surface area contributed by atoms with Crippen LogP contribution in [0.5, 0.6) is 0 Å². The van der Waals surface area contributed by atoms with Crippen molar-refractivity contribution >= 4 is 29.1 Å². The van der Waals surface area contributed by atoms with Crippen LogP contribution in [0.1, 0.15) is 28.8 Å². The van der Waals surface area contributed by atoms with Crippen LogP contribution in [0.4, 0.5) is 5.69 Å². The molecule has 0 heterocycles. The van der Waals surface area contributed by atoms with Gasteiger partial charge in [-0.1, -0.05) is 29.8 Å². The van der Waals surface area contributed by atoms with E-state index in [0.29, 0.717) is 22.8 Å². The molecule has 0 bridgehead atoms. The van der Waals surface area contributed by atoms with Gasteiger partial charge in [-0.05, 0) is 48.7 Å². The molecule has 4 nitrogen and oxygen atoms in total. The van der Waals surface area contributed by atoms with Crippen molar-refractivity contribution in [3.8, 4) is 0 Å². The van der Waals surface area contributed by atoms with Crippen LogP contribution in [0.25, 0.3) is 0 Å². The van der Waals surface area contributed by atoms with E-state index in [1.807, 2.05) is 18.2 Å². The molecule has 0 saturated heterocycles. The van der Waals surface area contributed by atoms with Crippen LogP contribution in [-0.2, 0) is 11.3 Å². The number of halogens is 1. The number of hydrogen-bond donors (Lipinski definition) is 2. The summed E-state index contributed by atoms with van der Waals surface area (Å²) in [6.07, 6.45) is 1.93. The second kappa shape index (κ2) is 6.84. The molecule has 0 aliphatic heterocycles. The highest BCUT2D eigenvalue weighted by molar-refractivity contribution is 6.31. The number of hydrogen-bond acceptors (Lipinski definition) is 2. The van der Waals surface area contributed by atoms with E-state index in [4.69, 9.17) is 11.6 Å². The van der Waals surface area contributed by atoms with Gasteiger partial charge in [-0.2, -0.15) is 0 Å². The minimum atomic E-state index is -0.176. The maximum atomic E-state index is 12.1. The molecule has 0 aromatic heterocycles. The first-order valence-electron chi connectivity index (χ1n) is 7.56. The van der Waals surface area contributed by atoms with E-state index in [1.54, 1.807) is 30.3 Å². The van der Waals surface area contributed by atoms with Crippen molar-refractivity contribution in [2.75, 3.05) is 5.32 Å². The van der Waals surface area contributed by atoms with Gasteiger partial charge in [-0.15, -0.1) is 0 Å². The predicted octanol–water partition coefficient (Wildman–Crippen LogP) is 3.62. The normalized spacial score (nSPS) is 13.4. The molecule has 118 valence electrons. The zero-order chi connectivity index (χ0) is 16.2. The number of carbonyl (C=O) groups is 2. The van der Waals surface area contributed by atoms with Gasteiger partial charge in [0.1, 0.15) is 0 Å². The Balaban J connectivity index is 1.57. The molecule has 1 fully saturated rings. The van der Waals surface area contributed by atoms with E-state index in [0.717, 1.165) is 18.4 Å². The molecule has 0 radical (unpaired) electrons. The first kappa shape index (κ1) is 15.6. The molecule has 23 heavy (non-hydrogen) atoms. The van der Waals surface area contributed by atoms with Gasteiger partial charge in [0.25, 0.3) is 5.91 Å². The van der Waals surface area contributed by atoms with Crippen molar-refractivity contribution in [1.29, 1.82) is 0 Å². The molecular weight excluding hydrogens is 312 g/mol. The second-order valence-corrected chi connectivity index (χ2v) is 6.02. The van der Waals surface area contributed by atoms with E-state index in [-0.39, 0.29) is 17.7 Å². The molecule has 3 rings (SSSR count). The number of amides is 2. The number of nitrogens with one attached hydrogen (secondary N) is 2. The maximum absolute atomic E-state index is 12.1. The SMILES string of the molecule is O=C(NCc1ccccc1Cl)c1ccc(NC(=O)C2CC2)cc1. The third-order valence-corrected chi connectivity index (χ3v) is 4.13. The fourth-order valence-corrected chi connectivity index (χ4v) is 2.42. The zero-order valence-corrected chi connectivity index (χ0v) is 13.3. The molecule has 5 heteroatoms. The molecule has 0 atom stereocenters. The Labute approximate surface area is 139 Å². The van der Waals surface area contributed by atoms with Gasteiger partial charge in [0.2, 0.25) is 5.91 Å². The average Bonchev–Trinajstić information content (AvgIpc) is 3.39. The quantitative estimate of drug-likeness (QED) is 0.880. The third-order valence-electron chi connectivity index (χ3n) is 3.76. The Morgan fingerprint density at radius 1 is 1.04 bits per heavy atom. The molecule has 2 N–H and O–H groups in total. The van der Waals surface area contributed by atoms with Crippen LogP contribution in [0, 0.1) is 5.92 Å². The Morgan fingerprint density at radius 3 is 2.39 bits per heavy atom. The Morgan fingerprint density at radius 2 is 1.74 bits per heavy atom. The summed E-state index contributed by atoms with van der Waals surface area (Å²) in [5.41, 5.74) is 2.13. The van der Waals surface area contributed by atoms with Crippen molar-refractivity contribution in [2.45, 2.75) is 19.4 Å². The molecule has 0 spiro atoms. The van der Waals surface area contributed by atoms with Gasteiger partial charge in [0.15, 0.2) is 0 Å². The lowest BCUT2D eigenvalue weighted by molar-refractivity contribution is -0.117. The highest BCUT2D eigenvalue weighted by Crippen LogP contribution is 2.30. The predicted molar refractivity (Wildman–Crippen MR) is 90.4 cm³/mol. The van der Waals surface area contributed by atoms with Crippen molar-refractivity contribution < 1.29 is 9.59 Å². The highest BCUT2D eigenvalue weighted by Gasteiger charge is 2.29. The summed E-state index contributed by atoms with van der Waals surface area (Å²) >= 11 is 6.06. The Kier molecular flexibility index (Phi) is 4.63. The minimum Gasteiger partial charge on any atom is -0.348 e. The molecular formula is C18H17ClN2O2. The fraction of sp³-hybridized carbons (Fsp3) is 0.222. The third kappa shape index (κ3) is 4.11. The van der Waals surface area contributed by atoms with Crippen molar-refractivity contribution in [1.82, 2.24) is 5.32 Å². The van der Waals surface area contributed by atoms with E-state index < -0.39 is 0 Å². The van der Waals surface area contributed by atoms with Crippen molar-refractivity contribution in [2.24, 2.45) is 5.92 Å². The van der Waals surface area contributed by atoms with Gasteiger partial charge in [-0.25, -0.2) is 0 Å². The summed E-state index contributed by atoms with van der Waals surface area (Å²) in [6, 6.07) is 14.3. The molecule has 2 aromatic rings. The molecule has 1 aliphatic carbocycles. The molecule has 1 aliphatic rings. The largest absolute Gasteiger partial charge is 0.348 e. The molecule has 0 unspecified atom stereocenters. The van der Waals surface area contributed by atoms with Crippen LogP contribution in [0.15, 0.2) is 48.5 Å². The van der Waals surface area contributed by atoms with Gasteiger partial charge >= 0.3 is 0 Å². The van der Waals surface area contributed by atoms with Crippen molar-refractivity contribution in [3.05, 3.63) is 64.7 Å². The first-order valence-corrected chi connectivity index (χ1v) is 7.94. The lowest BCUT2D eigenvalue weighted by Gasteiger charge is -2.08. The standard InChI is InChI=1S/C18H17ClN2O2/c19-16-4-2-1-3-14(16)11-20-17(22)12-7-9-15(10-8-12)21-18(23)13-5-6-13/h1-4,7-10,13H,5-6,11H2,(H,20,22)(H,21,23). The minimum absolute atomic E-state index is 0.0564. The van der Waals surface area contributed by atoms with Crippen LogP contribution in [0.3, 0.4) is 0 Å². The van der Waals surface area contributed by atoms with Gasteiger partial charge in [0.05, 0.1) is 0 Å². The average molecular weight is 329 g/mol. The van der Waals surface area contributed by atoms with E-state index in [2.05, 4.69) is 10.6 Å². The monoisotopic (exact) mass is 328 g/mol. The number of carbonyl (C=O) groups excluding carboxylic acids is 2. The summed E-state index contributed by atoms with van der Waals surface area (Å²) < 4.78 is 0. The second-order valence-electron chi connectivity index (χ2n) is 5.61. The summed E-state index contributed by atoms with van der Waals surface area (Å²) in [4.78, 5) is 23.8. The highest BCUT2D eigenvalue weighted by atomic mass is 35.5. The zero-order valence-electron chi connectivity index (χ0n) is 12.5. The maximum Gasteiger partial charge on any atom is 0.251 e. The summed E-state index contributed by atoms with van der Waals surface area (Å²) in [7, 11) is 0. The summed E-state index contributed by atoms with van der Waals surface area (Å²) in [6.45, 7) is 0.374. The number of benzene rings is 2. The lowest BCUT2D eigenvalue weighted by Crippen LogP contribution is -2.23. The van der Waals surface area contributed by atoms with Crippen LogP contribution in [-0.4, -0.2) is 11.8 Å². The molecule has 1 saturated carbocycles. The topological polar surface area (TPSA) is 58.2 Å². The molecule has 2 amide bonds. The lowest BCUT2D eigenvalue weighted by atomic mass is 10.1. The van der Waals surface area contributed by atoms with Gasteiger partial charge in [-0.3, -0.25) is 9.59 Å². The van der Waals surface area contributed by atoms with Gasteiger partial charge in [0, 0.05) is 28.7 Å². The van der Waals surface area contributed by atoms with Crippen LogP contribution in [0.2, 0.25) is 5.02 Å². The summed E-state index contributed by atoms with van der Waals surface area (Å²) in [5, 5.41) is 6.31. The smallest absolute Gasteiger partial charge is 0.251 e. The van der Waals surface area contributed by atoms with E-state index >= 15 is 0 Å². The van der Waals surface area contributed by atoms with Gasteiger partial charge < -0.3 is 10.6 Å². The van der Waals surface area contributed by atoms with E-state index in [1.165, 1.54) is 0 Å². The van der Waals surface area contributed by atoms with Crippen LogP contribution < -0.4 is 10.6 Å². The van der Waals surface area contributed by atoms with Crippen molar-refractivity contribution in [3.63, 3.8) is 0 Å². The first-order chi connectivity index (χ1) is 11.1. The number of anilines is 1. The Hall–Kier alpha value is -2.33. The Bertz CT molecular complexity index is 724. The summed E-state index contributed by atoms with van der Waals surface area (Å²) in [5.74, 6) is 0.0412. The number of rotatable bonds is 5. The molecule has 2 aromatic carbocycles. The van der Waals surface area contributed by atoms with Crippen LogP contribution >= 0.6 is 11.6 Å². The fourth-order valence-electron chi connectivity index (χ4n) is 2.21.